The Morgan fingerprint density at radius 2 is 2.07 bits per heavy atom. The number of aromatic nitrogens is 5. The van der Waals surface area contributed by atoms with Gasteiger partial charge in [-0.2, -0.15) is 4.98 Å². The molecule has 0 radical (unpaired) electrons. The fraction of sp³-hybridized carbons (Fsp3) is 0.250. The molecule has 1 aromatic carbocycles. The molecule has 9 heteroatoms. The Kier molecular flexibility index (Phi) is 5.25. The molecule has 0 saturated carbocycles. The van der Waals surface area contributed by atoms with Gasteiger partial charge in [0.2, 0.25) is 11.7 Å². The lowest BCUT2D eigenvalue weighted by molar-refractivity contribution is 0.369. The van der Waals surface area contributed by atoms with Gasteiger partial charge in [0.05, 0.1) is 0 Å². The van der Waals surface area contributed by atoms with Gasteiger partial charge in [-0.25, -0.2) is 4.98 Å². The van der Waals surface area contributed by atoms with Crippen molar-refractivity contribution in [2.45, 2.75) is 32.9 Å². The average molecular weight is 426 g/mol. The molecule has 0 bridgehead atoms. The number of nitrogens with zero attached hydrogens (tertiary/aromatic N) is 5. The van der Waals surface area contributed by atoms with Crippen LogP contribution in [0.15, 0.2) is 52.6 Å². The summed E-state index contributed by atoms with van der Waals surface area (Å²) in [7, 11) is 0. The highest BCUT2D eigenvalue weighted by Crippen LogP contribution is 2.21. The van der Waals surface area contributed by atoms with E-state index < -0.39 is 0 Å². The van der Waals surface area contributed by atoms with Crippen LogP contribution < -0.4 is 5.56 Å². The topological polar surface area (TPSA) is 78.7 Å². The van der Waals surface area contributed by atoms with Gasteiger partial charge in [-0.05, 0) is 23.7 Å². The molecule has 3 heterocycles. The third-order valence-electron chi connectivity index (χ3n) is 4.56. The first kappa shape index (κ1) is 19.4. The van der Waals surface area contributed by atoms with Crippen molar-refractivity contribution in [1.29, 1.82) is 0 Å². The second-order valence-electron chi connectivity index (χ2n) is 6.89. The van der Waals surface area contributed by atoms with Gasteiger partial charge < -0.3 is 9.09 Å². The number of fused-ring (bicyclic) bond motifs is 1. The van der Waals surface area contributed by atoms with Crippen LogP contribution in [0.5, 0.6) is 0 Å². The highest BCUT2D eigenvalue weighted by molar-refractivity contribution is 7.73. The van der Waals surface area contributed by atoms with Crippen LogP contribution in [0, 0.1) is 3.95 Å². The van der Waals surface area contributed by atoms with Crippen molar-refractivity contribution >= 4 is 33.9 Å². The third-order valence-corrected chi connectivity index (χ3v) is 5.99. The molecular formula is C20H19N5O2S2. The standard InChI is InChI=1S/C20H19N5O2S2/c1-4-9-25-18-16(29-20(25)28)19(26)24(11-21-18)10-15-22-17(23-27-15)14-7-5-13(6-8-14)12(2)3/h4-8,11-12H,1,9-10H2,2-3H3. The highest BCUT2D eigenvalue weighted by Gasteiger charge is 2.14. The van der Waals surface area contributed by atoms with Gasteiger partial charge in [0, 0.05) is 12.1 Å². The molecule has 4 rings (SSSR count). The van der Waals surface area contributed by atoms with Gasteiger partial charge in [-0.1, -0.05) is 60.7 Å². The molecule has 3 aromatic heterocycles. The summed E-state index contributed by atoms with van der Waals surface area (Å²) < 4.78 is 9.68. The third kappa shape index (κ3) is 3.70. The maximum atomic E-state index is 12.8. The zero-order valence-corrected chi connectivity index (χ0v) is 17.7. The minimum Gasteiger partial charge on any atom is -0.337 e. The zero-order valence-electron chi connectivity index (χ0n) is 16.0. The van der Waals surface area contributed by atoms with Crippen molar-refractivity contribution in [3.8, 4) is 11.4 Å². The summed E-state index contributed by atoms with van der Waals surface area (Å²) >= 11 is 6.58. The van der Waals surface area contributed by atoms with E-state index in [1.165, 1.54) is 27.8 Å². The largest absolute Gasteiger partial charge is 0.337 e. The first-order chi connectivity index (χ1) is 14.0. The van der Waals surface area contributed by atoms with Crippen LogP contribution in [0.1, 0.15) is 31.2 Å². The van der Waals surface area contributed by atoms with Crippen molar-refractivity contribution < 1.29 is 4.52 Å². The second-order valence-corrected chi connectivity index (χ2v) is 8.53. The van der Waals surface area contributed by atoms with E-state index in [-0.39, 0.29) is 12.1 Å². The first-order valence-electron chi connectivity index (χ1n) is 9.10. The molecule has 0 aliphatic heterocycles. The molecular weight excluding hydrogens is 406 g/mol. The van der Waals surface area contributed by atoms with Crippen molar-refractivity contribution in [1.82, 2.24) is 24.3 Å². The SMILES string of the molecule is C=CCn1c(=S)sc2c(=O)n(Cc3nc(-c4ccc(C(C)C)cc4)no3)cnc21. The van der Waals surface area contributed by atoms with Crippen molar-refractivity contribution in [3.05, 3.63) is 69.0 Å². The zero-order chi connectivity index (χ0) is 20.5. The van der Waals surface area contributed by atoms with E-state index in [4.69, 9.17) is 16.7 Å². The van der Waals surface area contributed by atoms with Gasteiger partial charge in [0.1, 0.15) is 17.6 Å². The van der Waals surface area contributed by atoms with E-state index in [9.17, 15) is 4.79 Å². The number of allylic oxidation sites excluding steroid dienone is 1. The van der Waals surface area contributed by atoms with Crippen LogP contribution in [-0.2, 0) is 13.1 Å². The van der Waals surface area contributed by atoms with Crippen LogP contribution in [0.2, 0.25) is 0 Å². The molecule has 0 atom stereocenters. The normalized spacial score (nSPS) is 11.4. The molecule has 0 unspecified atom stereocenters. The lowest BCUT2D eigenvalue weighted by Gasteiger charge is -2.04. The fourth-order valence-electron chi connectivity index (χ4n) is 2.97. The Morgan fingerprint density at radius 1 is 1.31 bits per heavy atom. The minimum atomic E-state index is -0.185. The maximum absolute atomic E-state index is 12.8. The van der Waals surface area contributed by atoms with E-state index in [1.54, 1.807) is 10.6 Å². The summed E-state index contributed by atoms with van der Waals surface area (Å²) in [4.78, 5) is 21.7. The summed E-state index contributed by atoms with van der Waals surface area (Å²) in [6.07, 6.45) is 3.20. The number of hydrogen-bond acceptors (Lipinski definition) is 7. The van der Waals surface area contributed by atoms with E-state index in [0.717, 1.165) is 5.56 Å². The van der Waals surface area contributed by atoms with Crippen molar-refractivity contribution in [3.63, 3.8) is 0 Å². The van der Waals surface area contributed by atoms with Crippen LogP contribution in [0.25, 0.3) is 21.7 Å². The minimum absolute atomic E-state index is 0.144. The molecule has 0 aliphatic carbocycles. The van der Waals surface area contributed by atoms with Crippen LogP contribution in [-0.4, -0.2) is 24.3 Å². The molecule has 4 aromatic rings. The average Bonchev–Trinajstić information content (AvgIpc) is 3.30. The monoisotopic (exact) mass is 425 g/mol. The van der Waals surface area contributed by atoms with Gasteiger partial charge in [-0.3, -0.25) is 9.36 Å². The van der Waals surface area contributed by atoms with E-state index in [0.29, 0.717) is 38.5 Å². The quantitative estimate of drug-likeness (QED) is 0.337. The lowest BCUT2D eigenvalue weighted by atomic mass is 10.0. The molecule has 148 valence electrons. The summed E-state index contributed by atoms with van der Waals surface area (Å²) in [5.41, 5.74) is 2.49. The molecule has 29 heavy (non-hydrogen) atoms. The number of hydrogen-bond donors (Lipinski definition) is 0. The summed E-state index contributed by atoms with van der Waals surface area (Å²) in [5, 5.41) is 4.04. The van der Waals surface area contributed by atoms with Crippen molar-refractivity contribution in [2.24, 2.45) is 0 Å². The molecule has 7 nitrogen and oxygen atoms in total. The number of benzene rings is 1. The van der Waals surface area contributed by atoms with Gasteiger partial charge in [-0.15, -0.1) is 6.58 Å². The predicted molar refractivity (Wildman–Crippen MR) is 116 cm³/mol. The second kappa shape index (κ2) is 7.84. The molecule has 0 aliphatic rings. The van der Waals surface area contributed by atoms with Crippen LogP contribution >= 0.6 is 23.6 Å². The molecule has 0 saturated heterocycles. The Balaban J connectivity index is 1.62. The Morgan fingerprint density at radius 3 is 2.76 bits per heavy atom. The predicted octanol–water partition coefficient (Wildman–Crippen LogP) is 4.40. The molecule has 0 fully saturated rings. The molecule has 0 spiro atoms. The first-order valence-corrected chi connectivity index (χ1v) is 10.3. The lowest BCUT2D eigenvalue weighted by Crippen LogP contribution is -2.21. The summed E-state index contributed by atoms with van der Waals surface area (Å²) in [5.74, 6) is 1.28. The highest BCUT2D eigenvalue weighted by atomic mass is 32.1. The molecule has 0 amide bonds. The van der Waals surface area contributed by atoms with Crippen molar-refractivity contribution in [2.75, 3.05) is 0 Å². The number of thiazole rings is 1. The van der Waals surface area contributed by atoms with E-state index in [1.807, 2.05) is 12.1 Å². The summed E-state index contributed by atoms with van der Waals surface area (Å²) in [6, 6.07) is 8.05. The smallest absolute Gasteiger partial charge is 0.273 e. The Hall–Kier alpha value is -2.91. The van der Waals surface area contributed by atoms with Crippen LogP contribution in [0.4, 0.5) is 0 Å². The molecule has 0 N–H and O–H groups in total. The van der Waals surface area contributed by atoms with Crippen LogP contribution in [0.3, 0.4) is 0 Å². The Labute approximate surface area is 176 Å². The maximum Gasteiger partial charge on any atom is 0.273 e. The number of rotatable bonds is 6. The summed E-state index contributed by atoms with van der Waals surface area (Å²) in [6.45, 7) is 8.66. The fourth-order valence-corrected chi connectivity index (χ4v) is 4.29. The van der Waals surface area contributed by atoms with E-state index in [2.05, 4.69) is 47.7 Å². The van der Waals surface area contributed by atoms with Gasteiger partial charge in [0.25, 0.3) is 5.56 Å². The van der Waals surface area contributed by atoms with E-state index >= 15 is 0 Å². The van der Waals surface area contributed by atoms with Gasteiger partial charge >= 0.3 is 0 Å². The Bertz CT molecular complexity index is 1300. The van der Waals surface area contributed by atoms with Gasteiger partial charge in [0.15, 0.2) is 9.60 Å².